The van der Waals surface area contributed by atoms with Crippen molar-refractivity contribution >= 4 is 7.92 Å². The summed E-state index contributed by atoms with van der Waals surface area (Å²) in [6.07, 6.45) is 2.74. The predicted molar refractivity (Wildman–Crippen MR) is 53.5 cm³/mol. The van der Waals surface area contributed by atoms with Crippen LogP contribution in [0.4, 0.5) is 0 Å². The summed E-state index contributed by atoms with van der Waals surface area (Å²) in [5.41, 5.74) is 6.57. The molecule has 1 rings (SSSR count). The number of rotatable bonds is 3. The maximum Gasteiger partial charge on any atom is -0.00378 e. The molecule has 0 amide bonds. The third-order valence-corrected chi connectivity index (χ3v) is 5.94. The fraction of sp³-hybridized carbons (Fsp3) is 1.00. The van der Waals surface area contributed by atoms with Gasteiger partial charge < -0.3 is 5.73 Å². The second-order valence-corrected chi connectivity index (χ2v) is 6.53. The molecule has 66 valence electrons. The molecule has 4 atom stereocenters. The Hall–Kier alpha value is 0.390. The maximum absolute atomic E-state index is 5.54. The van der Waals surface area contributed by atoms with E-state index in [1.54, 1.807) is 0 Å². The Balaban J connectivity index is 2.27. The molecule has 2 heteroatoms. The molecule has 1 fully saturated rings. The highest BCUT2D eigenvalue weighted by Gasteiger charge is 2.36. The summed E-state index contributed by atoms with van der Waals surface area (Å²) in [5, 5.41) is 0. The van der Waals surface area contributed by atoms with Gasteiger partial charge in [0.1, 0.15) is 0 Å². The van der Waals surface area contributed by atoms with Gasteiger partial charge in [0, 0.05) is 0 Å². The smallest absolute Gasteiger partial charge is 0.00378 e. The van der Waals surface area contributed by atoms with E-state index >= 15 is 0 Å². The fourth-order valence-electron chi connectivity index (χ4n) is 1.94. The first-order valence-electron chi connectivity index (χ1n) is 4.57. The van der Waals surface area contributed by atoms with Crippen LogP contribution in [0.2, 0.25) is 0 Å². The topological polar surface area (TPSA) is 26.0 Å². The van der Waals surface area contributed by atoms with Crippen molar-refractivity contribution in [2.45, 2.75) is 25.9 Å². The van der Waals surface area contributed by atoms with Gasteiger partial charge in [0.05, 0.1) is 0 Å². The molecular weight excluding hydrogens is 153 g/mol. The number of hydrogen-bond donors (Lipinski definition) is 1. The van der Waals surface area contributed by atoms with Crippen molar-refractivity contribution < 1.29 is 0 Å². The highest BCUT2D eigenvalue weighted by atomic mass is 31.1. The lowest BCUT2D eigenvalue weighted by molar-refractivity contribution is 0.228. The molecule has 0 aromatic rings. The second kappa shape index (κ2) is 3.87. The van der Waals surface area contributed by atoms with E-state index in [0.717, 1.165) is 24.0 Å². The molecule has 0 radical (unpaired) electrons. The molecule has 1 aliphatic rings. The molecule has 0 aliphatic heterocycles. The minimum Gasteiger partial charge on any atom is -0.330 e. The van der Waals surface area contributed by atoms with Crippen molar-refractivity contribution in [3.8, 4) is 0 Å². The lowest BCUT2D eigenvalue weighted by atomic mass is 9.76. The fourth-order valence-corrected chi connectivity index (χ4v) is 4.47. The molecule has 0 aromatic carbocycles. The van der Waals surface area contributed by atoms with Gasteiger partial charge in [-0.2, -0.15) is 0 Å². The van der Waals surface area contributed by atoms with Gasteiger partial charge in [0.15, 0.2) is 0 Å². The van der Waals surface area contributed by atoms with Crippen LogP contribution in [0.3, 0.4) is 0 Å². The summed E-state index contributed by atoms with van der Waals surface area (Å²) in [5.74, 6) is 1.94. The van der Waals surface area contributed by atoms with E-state index in [9.17, 15) is 0 Å². The molecular formula is C9H20NP. The van der Waals surface area contributed by atoms with E-state index < -0.39 is 0 Å². The molecule has 0 saturated heterocycles. The van der Waals surface area contributed by atoms with E-state index in [0.29, 0.717) is 0 Å². The monoisotopic (exact) mass is 173 g/mol. The third-order valence-electron chi connectivity index (χ3n) is 3.17. The van der Waals surface area contributed by atoms with Gasteiger partial charge in [-0.1, -0.05) is 13.8 Å². The van der Waals surface area contributed by atoms with Crippen LogP contribution in [0.1, 0.15) is 20.3 Å². The van der Waals surface area contributed by atoms with Gasteiger partial charge in [-0.25, -0.2) is 0 Å². The molecule has 0 heterocycles. The average Bonchev–Trinajstić information content (AvgIpc) is 1.99. The summed E-state index contributed by atoms with van der Waals surface area (Å²) in [7, 11) is 0.254. The Morgan fingerprint density at radius 1 is 1.45 bits per heavy atom. The van der Waals surface area contributed by atoms with Crippen LogP contribution < -0.4 is 5.73 Å². The number of hydrogen-bond acceptors (Lipinski definition) is 1. The van der Waals surface area contributed by atoms with Crippen molar-refractivity contribution in [2.75, 3.05) is 19.4 Å². The van der Waals surface area contributed by atoms with Crippen molar-refractivity contribution in [2.24, 2.45) is 17.6 Å². The van der Waals surface area contributed by atoms with Gasteiger partial charge in [0.25, 0.3) is 0 Å². The molecule has 11 heavy (non-hydrogen) atoms. The predicted octanol–water partition coefficient (Wildman–Crippen LogP) is 2.10. The van der Waals surface area contributed by atoms with Gasteiger partial charge in [0.2, 0.25) is 0 Å². The van der Waals surface area contributed by atoms with Crippen molar-refractivity contribution in [1.82, 2.24) is 0 Å². The summed E-state index contributed by atoms with van der Waals surface area (Å²) in [4.78, 5) is 0. The van der Waals surface area contributed by atoms with Gasteiger partial charge in [-0.15, -0.1) is 7.92 Å². The SMILES string of the molecule is CC1CC(P(C)CCN)C1C. The maximum atomic E-state index is 5.54. The van der Waals surface area contributed by atoms with Crippen molar-refractivity contribution in [3.63, 3.8) is 0 Å². The molecule has 0 bridgehead atoms. The summed E-state index contributed by atoms with van der Waals surface area (Å²) >= 11 is 0. The standard InChI is InChI=1S/C9H20NP/c1-7-6-9(8(7)2)11(3)5-4-10/h7-9H,4-6,10H2,1-3H3. The van der Waals surface area contributed by atoms with Crippen LogP contribution in [0.5, 0.6) is 0 Å². The Morgan fingerprint density at radius 2 is 2.09 bits per heavy atom. The highest BCUT2D eigenvalue weighted by molar-refractivity contribution is 7.57. The molecule has 1 aliphatic carbocycles. The van der Waals surface area contributed by atoms with Gasteiger partial charge >= 0.3 is 0 Å². The Bertz CT molecular complexity index is 127. The lowest BCUT2D eigenvalue weighted by Gasteiger charge is -2.44. The Kier molecular flexibility index (Phi) is 3.33. The van der Waals surface area contributed by atoms with Crippen LogP contribution in [0.15, 0.2) is 0 Å². The summed E-state index contributed by atoms with van der Waals surface area (Å²) < 4.78 is 0. The molecule has 1 saturated carbocycles. The van der Waals surface area contributed by atoms with E-state index in [-0.39, 0.29) is 7.92 Å². The van der Waals surface area contributed by atoms with Crippen molar-refractivity contribution in [3.05, 3.63) is 0 Å². The Morgan fingerprint density at radius 3 is 2.45 bits per heavy atom. The first kappa shape index (κ1) is 9.48. The quantitative estimate of drug-likeness (QED) is 0.650. The average molecular weight is 173 g/mol. The minimum atomic E-state index is 0.254. The van der Waals surface area contributed by atoms with Crippen molar-refractivity contribution in [1.29, 1.82) is 0 Å². The molecule has 1 nitrogen and oxygen atoms in total. The van der Waals surface area contributed by atoms with E-state index in [1.165, 1.54) is 12.6 Å². The zero-order valence-corrected chi connectivity index (χ0v) is 8.77. The lowest BCUT2D eigenvalue weighted by Crippen LogP contribution is -2.36. The highest BCUT2D eigenvalue weighted by Crippen LogP contribution is 2.53. The van der Waals surface area contributed by atoms with Crippen LogP contribution >= 0.6 is 7.92 Å². The van der Waals surface area contributed by atoms with E-state index in [1.807, 2.05) is 0 Å². The molecule has 0 aromatic heterocycles. The summed E-state index contributed by atoms with van der Waals surface area (Å²) in [6.45, 7) is 8.07. The van der Waals surface area contributed by atoms with Gasteiger partial charge in [-0.3, -0.25) is 0 Å². The van der Waals surface area contributed by atoms with Crippen LogP contribution in [0, 0.1) is 11.8 Å². The normalized spacial score (nSPS) is 39.8. The van der Waals surface area contributed by atoms with E-state index in [4.69, 9.17) is 5.73 Å². The van der Waals surface area contributed by atoms with E-state index in [2.05, 4.69) is 20.5 Å². The Labute approximate surface area is 71.5 Å². The van der Waals surface area contributed by atoms with Crippen LogP contribution in [0.25, 0.3) is 0 Å². The second-order valence-electron chi connectivity index (χ2n) is 3.91. The largest absolute Gasteiger partial charge is 0.330 e. The first-order chi connectivity index (χ1) is 5.16. The molecule has 2 N–H and O–H groups in total. The first-order valence-corrected chi connectivity index (χ1v) is 6.61. The molecule has 4 unspecified atom stereocenters. The number of nitrogens with two attached hydrogens (primary N) is 1. The zero-order valence-electron chi connectivity index (χ0n) is 7.88. The van der Waals surface area contributed by atoms with Crippen LogP contribution in [-0.4, -0.2) is 25.0 Å². The zero-order chi connectivity index (χ0) is 8.43. The molecule has 0 spiro atoms. The van der Waals surface area contributed by atoms with Gasteiger partial charge in [-0.05, 0) is 43.3 Å². The summed E-state index contributed by atoms with van der Waals surface area (Å²) in [6, 6.07) is 0. The third kappa shape index (κ3) is 1.95. The minimum absolute atomic E-state index is 0.254. The van der Waals surface area contributed by atoms with Crippen LogP contribution in [-0.2, 0) is 0 Å².